The van der Waals surface area contributed by atoms with Gasteiger partial charge in [-0.25, -0.2) is 0 Å². The fourth-order valence-corrected chi connectivity index (χ4v) is 3.33. The van der Waals surface area contributed by atoms with Crippen molar-refractivity contribution in [1.29, 1.82) is 0 Å². The zero-order valence-corrected chi connectivity index (χ0v) is 11.8. The summed E-state index contributed by atoms with van der Waals surface area (Å²) in [4.78, 5) is 36.0. The van der Waals surface area contributed by atoms with Gasteiger partial charge in [0, 0.05) is 12.3 Å². The first-order valence-corrected chi connectivity index (χ1v) is 6.55. The molecule has 20 heavy (non-hydrogen) atoms. The van der Waals surface area contributed by atoms with Gasteiger partial charge in [0.2, 0.25) is 0 Å². The van der Waals surface area contributed by atoms with Gasteiger partial charge in [0.15, 0.2) is 0 Å². The lowest BCUT2D eigenvalue weighted by Gasteiger charge is -2.43. The molecule has 4 atom stereocenters. The Hall–Kier alpha value is -1.75. The Bertz CT molecular complexity index is 541. The van der Waals surface area contributed by atoms with Gasteiger partial charge in [-0.1, -0.05) is 0 Å². The minimum atomic E-state index is -1.47. The zero-order chi connectivity index (χ0) is 15.1. The third-order valence-corrected chi connectivity index (χ3v) is 4.01. The number of carbonyl (C=O) groups is 3. The molecule has 5 heteroatoms. The second kappa shape index (κ2) is 4.98. The molecule has 1 aliphatic carbocycles. The average molecular weight is 278 g/mol. The lowest BCUT2D eigenvalue weighted by Crippen LogP contribution is -2.53. The van der Waals surface area contributed by atoms with Crippen LogP contribution < -0.4 is 0 Å². The fourth-order valence-electron chi connectivity index (χ4n) is 3.33. The van der Waals surface area contributed by atoms with E-state index in [1.54, 1.807) is 12.1 Å². The highest BCUT2D eigenvalue weighted by molar-refractivity contribution is 6.04. The molecule has 0 aliphatic heterocycles. The molecule has 0 radical (unpaired) electrons. The van der Waals surface area contributed by atoms with E-state index >= 15 is 0 Å². The summed E-state index contributed by atoms with van der Waals surface area (Å²) in [6.45, 7) is 4.15. The van der Waals surface area contributed by atoms with Crippen molar-refractivity contribution in [3.05, 3.63) is 24.2 Å². The predicted octanol–water partition coefficient (Wildman–Crippen LogP) is 1.50. The highest BCUT2D eigenvalue weighted by Crippen LogP contribution is 2.46. The van der Waals surface area contributed by atoms with Gasteiger partial charge < -0.3 is 9.52 Å². The summed E-state index contributed by atoms with van der Waals surface area (Å²) in [5.74, 6) is -3.03. The van der Waals surface area contributed by atoms with Crippen LogP contribution in [0, 0.1) is 11.8 Å². The van der Waals surface area contributed by atoms with Crippen molar-refractivity contribution in [3.63, 3.8) is 0 Å². The van der Waals surface area contributed by atoms with Crippen LogP contribution in [-0.2, 0) is 14.4 Å². The Morgan fingerprint density at radius 3 is 2.45 bits per heavy atom. The molecule has 1 N–H and O–H groups in total. The van der Waals surface area contributed by atoms with E-state index in [1.807, 2.05) is 0 Å². The summed E-state index contributed by atoms with van der Waals surface area (Å²) < 4.78 is 5.31. The number of aliphatic hydroxyl groups is 1. The van der Waals surface area contributed by atoms with Crippen molar-refractivity contribution in [2.24, 2.45) is 11.8 Å². The molecule has 0 aromatic carbocycles. The van der Waals surface area contributed by atoms with E-state index in [2.05, 4.69) is 0 Å². The minimum absolute atomic E-state index is 0.196. The lowest BCUT2D eigenvalue weighted by molar-refractivity contribution is -0.152. The number of hydrogen-bond acceptors (Lipinski definition) is 5. The molecule has 0 unspecified atom stereocenters. The summed E-state index contributed by atoms with van der Waals surface area (Å²) in [7, 11) is 0. The quantitative estimate of drug-likeness (QED) is 0.847. The average Bonchev–Trinajstić information content (AvgIpc) is 2.77. The molecule has 0 saturated heterocycles. The third-order valence-electron chi connectivity index (χ3n) is 4.01. The standard InChI is InChI=1S/C15H18O5/c1-8(16)12-10(18)7-15(3,19)14(9(2)17)13(12)11-5-4-6-20-11/h4-6,12-14,19H,7H2,1-3H3/t12-,13-,14+,15+/m1/s1. The largest absolute Gasteiger partial charge is 0.469 e. The van der Waals surface area contributed by atoms with Crippen LogP contribution in [0.5, 0.6) is 0 Å². The van der Waals surface area contributed by atoms with Crippen LogP contribution in [0.15, 0.2) is 22.8 Å². The van der Waals surface area contributed by atoms with Crippen LogP contribution >= 0.6 is 0 Å². The number of hydrogen-bond donors (Lipinski definition) is 1. The molecule has 1 aromatic heterocycles. The fraction of sp³-hybridized carbons (Fsp3) is 0.533. The van der Waals surface area contributed by atoms with Gasteiger partial charge in [0.05, 0.1) is 23.7 Å². The lowest BCUT2D eigenvalue weighted by atomic mass is 9.61. The maximum absolute atomic E-state index is 12.2. The Kier molecular flexibility index (Phi) is 3.65. The number of Topliss-reactive ketones (excluding diaryl/α,β-unsaturated/α-hetero) is 3. The molecule has 1 heterocycles. The summed E-state index contributed by atoms with van der Waals surface area (Å²) in [5, 5.41) is 10.4. The van der Waals surface area contributed by atoms with E-state index in [-0.39, 0.29) is 23.8 Å². The smallest absolute Gasteiger partial charge is 0.146 e. The number of ketones is 3. The van der Waals surface area contributed by atoms with Gasteiger partial charge in [0.25, 0.3) is 0 Å². The second-order valence-corrected chi connectivity index (χ2v) is 5.72. The zero-order valence-electron chi connectivity index (χ0n) is 11.8. The highest BCUT2D eigenvalue weighted by atomic mass is 16.3. The minimum Gasteiger partial charge on any atom is -0.469 e. The summed E-state index contributed by atoms with van der Waals surface area (Å²) in [6, 6.07) is 3.27. The van der Waals surface area contributed by atoms with E-state index in [0.29, 0.717) is 5.76 Å². The topological polar surface area (TPSA) is 84.6 Å². The van der Waals surface area contributed by atoms with E-state index < -0.39 is 23.4 Å². The predicted molar refractivity (Wildman–Crippen MR) is 70.0 cm³/mol. The van der Waals surface area contributed by atoms with Crippen molar-refractivity contribution in [3.8, 4) is 0 Å². The molecule has 5 nitrogen and oxygen atoms in total. The molecule has 1 fully saturated rings. The highest BCUT2D eigenvalue weighted by Gasteiger charge is 2.54. The molecule has 0 bridgehead atoms. The first kappa shape index (κ1) is 14.7. The third kappa shape index (κ3) is 2.33. The monoisotopic (exact) mass is 278 g/mol. The Morgan fingerprint density at radius 1 is 1.35 bits per heavy atom. The van der Waals surface area contributed by atoms with E-state index in [9.17, 15) is 19.5 Å². The van der Waals surface area contributed by atoms with Crippen molar-refractivity contribution >= 4 is 17.3 Å². The van der Waals surface area contributed by atoms with Crippen LogP contribution in [0.3, 0.4) is 0 Å². The maximum atomic E-state index is 12.2. The van der Waals surface area contributed by atoms with Gasteiger partial charge in [0.1, 0.15) is 23.1 Å². The summed E-state index contributed by atoms with van der Waals surface area (Å²) in [6.07, 6.45) is 1.23. The van der Waals surface area contributed by atoms with Gasteiger partial charge in [-0.2, -0.15) is 0 Å². The van der Waals surface area contributed by atoms with E-state index in [1.165, 1.54) is 27.0 Å². The Balaban J connectivity index is 2.58. The van der Waals surface area contributed by atoms with Crippen LogP contribution in [0.1, 0.15) is 38.9 Å². The number of rotatable bonds is 3. The molecule has 108 valence electrons. The van der Waals surface area contributed by atoms with E-state index in [4.69, 9.17) is 4.42 Å². The van der Waals surface area contributed by atoms with Crippen LogP contribution in [0.2, 0.25) is 0 Å². The van der Waals surface area contributed by atoms with Gasteiger partial charge in [-0.15, -0.1) is 0 Å². The maximum Gasteiger partial charge on any atom is 0.146 e. The Morgan fingerprint density at radius 2 is 2.00 bits per heavy atom. The molecule has 0 spiro atoms. The van der Waals surface area contributed by atoms with Crippen molar-refractivity contribution in [2.45, 2.75) is 38.7 Å². The molecular formula is C15H18O5. The summed E-state index contributed by atoms with van der Waals surface area (Å²) in [5.41, 5.74) is -1.47. The van der Waals surface area contributed by atoms with Crippen LogP contribution in [0.4, 0.5) is 0 Å². The van der Waals surface area contributed by atoms with Crippen molar-refractivity contribution < 1.29 is 23.9 Å². The van der Waals surface area contributed by atoms with Crippen LogP contribution in [0.25, 0.3) is 0 Å². The van der Waals surface area contributed by atoms with Gasteiger partial charge >= 0.3 is 0 Å². The van der Waals surface area contributed by atoms with E-state index in [0.717, 1.165) is 0 Å². The van der Waals surface area contributed by atoms with Crippen molar-refractivity contribution in [2.75, 3.05) is 0 Å². The first-order chi connectivity index (χ1) is 9.25. The molecule has 2 rings (SSSR count). The van der Waals surface area contributed by atoms with Gasteiger partial charge in [-0.3, -0.25) is 14.4 Å². The normalized spacial score (nSPS) is 34.0. The SMILES string of the molecule is CC(=O)[C@@H]1C(=O)C[C@](C)(O)[C@@H](C(C)=O)[C@@H]1c1ccco1. The second-order valence-electron chi connectivity index (χ2n) is 5.72. The molecule has 0 amide bonds. The molecular weight excluding hydrogens is 260 g/mol. The molecule has 1 aliphatic rings. The summed E-state index contributed by atoms with van der Waals surface area (Å²) >= 11 is 0. The molecule has 1 aromatic rings. The Labute approximate surface area is 117 Å². The van der Waals surface area contributed by atoms with Gasteiger partial charge in [-0.05, 0) is 32.9 Å². The molecule has 1 saturated carbocycles. The number of carbonyl (C=O) groups excluding carboxylic acids is 3. The number of furan rings is 1. The van der Waals surface area contributed by atoms with Crippen molar-refractivity contribution in [1.82, 2.24) is 0 Å². The first-order valence-electron chi connectivity index (χ1n) is 6.55. The van der Waals surface area contributed by atoms with Crippen LogP contribution in [-0.4, -0.2) is 28.1 Å².